The number of fused-ring (bicyclic) bond motifs is 2. The molecule has 1 amide bonds. The Morgan fingerprint density at radius 3 is 2.74 bits per heavy atom. The molecule has 180 valence electrons. The summed E-state index contributed by atoms with van der Waals surface area (Å²) in [5, 5.41) is 4.57. The van der Waals surface area contributed by atoms with E-state index in [-0.39, 0.29) is 17.4 Å². The van der Waals surface area contributed by atoms with Gasteiger partial charge in [0.05, 0.1) is 4.70 Å². The number of carbonyl (C=O) groups is 1. The molecule has 0 bridgehead atoms. The van der Waals surface area contributed by atoms with Crippen molar-refractivity contribution in [2.45, 2.75) is 57.9 Å². The van der Waals surface area contributed by atoms with Crippen LogP contribution in [-0.2, 0) is 23.1 Å². The number of piperazine rings is 1. The van der Waals surface area contributed by atoms with E-state index >= 15 is 0 Å². The summed E-state index contributed by atoms with van der Waals surface area (Å²) in [5.41, 5.74) is 4.18. The zero-order valence-electron chi connectivity index (χ0n) is 20.6. The van der Waals surface area contributed by atoms with E-state index in [2.05, 4.69) is 78.4 Å². The number of anilines is 1. The second kappa shape index (κ2) is 9.67. The van der Waals surface area contributed by atoms with Crippen molar-refractivity contribution < 1.29 is 4.79 Å². The van der Waals surface area contributed by atoms with E-state index < -0.39 is 0 Å². The third-order valence-corrected chi connectivity index (χ3v) is 8.54. The van der Waals surface area contributed by atoms with Gasteiger partial charge in [0.15, 0.2) is 0 Å². The normalized spacial score (nSPS) is 20.0. The van der Waals surface area contributed by atoms with Gasteiger partial charge >= 0.3 is 0 Å². The van der Waals surface area contributed by atoms with Gasteiger partial charge in [-0.25, -0.2) is 0 Å². The highest BCUT2D eigenvalue weighted by molar-refractivity contribution is 7.13. The number of nitrogens with one attached hydrogen (secondary N) is 1. The highest BCUT2D eigenvalue weighted by Crippen LogP contribution is 2.39. The highest BCUT2D eigenvalue weighted by atomic mass is 32.1. The predicted octanol–water partition coefficient (Wildman–Crippen LogP) is 4.78. The summed E-state index contributed by atoms with van der Waals surface area (Å²) in [4.78, 5) is 17.2. The average molecular weight is 477 g/mol. The predicted molar refractivity (Wildman–Crippen MR) is 142 cm³/mol. The van der Waals surface area contributed by atoms with Crippen molar-refractivity contribution in [1.29, 1.82) is 0 Å². The van der Waals surface area contributed by atoms with Crippen LogP contribution in [0.1, 0.15) is 50.3 Å². The molecule has 1 fully saturated rings. The molecule has 5 nitrogen and oxygen atoms in total. The number of hydrogen-bond donors (Lipinski definition) is 1. The topological polar surface area (TPSA) is 48.5 Å². The van der Waals surface area contributed by atoms with Gasteiger partial charge in [-0.2, -0.15) is 4.37 Å². The van der Waals surface area contributed by atoms with Crippen LogP contribution in [0.25, 0.3) is 10.1 Å². The van der Waals surface area contributed by atoms with Crippen LogP contribution in [-0.4, -0.2) is 53.9 Å². The van der Waals surface area contributed by atoms with Gasteiger partial charge in [-0.05, 0) is 59.6 Å². The lowest BCUT2D eigenvalue weighted by Gasteiger charge is -2.35. The number of carbonyl (C=O) groups excluding carboxylic acids is 1. The molecule has 34 heavy (non-hydrogen) atoms. The number of aromatic nitrogens is 1. The monoisotopic (exact) mass is 476 g/mol. The first kappa shape index (κ1) is 23.3. The molecule has 0 radical (unpaired) electrons. The number of benzene rings is 2. The SMILES string of the molecule is CCCC(=O)NC1Cc2cc(CCN3CCN(c4nsc5ccccc45)CC3)ccc2C1(C)C. The quantitative estimate of drug-likeness (QED) is 0.533. The van der Waals surface area contributed by atoms with Crippen molar-refractivity contribution in [3.63, 3.8) is 0 Å². The van der Waals surface area contributed by atoms with Crippen molar-refractivity contribution in [1.82, 2.24) is 14.6 Å². The maximum absolute atomic E-state index is 12.2. The van der Waals surface area contributed by atoms with E-state index in [1.807, 2.05) is 0 Å². The van der Waals surface area contributed by atoms with E-state index in [0.29, 0.717) is 6.42 Å². The van der Waals surface area contributed by atoms with Crippen molar-refractivity contribution >= 4 is 33.3 Å². The van der Waals surface area contributed by atoms with Crippen molar-refractivity contribution in [3.05, 3.63) is 59.2 Å². The molecule has 1 atom stereocenters. The maximum Gasteiger partial charge on any atom is 0.220 e. The first-order valence-electron chi connectivity index (χ1n) is 12.7. The molecule has 1 aliphatic heterocycles. The molecule has 1 saturated heterocycles. The molecule has 3 aromatic rings. The lowest BCUT2D eigenvalue weighted by Crippen LogP contribution is -2.47. The minimum absolute atomic E-state index is 0.0204. The molecule has 5 rings (SSSR count). The average Bonchev–Trinajstić information content (AvgIpc) is 3.37. The van der Waals surface area contributed by atoms with E-state index in [9.17, 15) is 4.79 Å². The summed E-state index contributed by atoms with van der Waals surface area (Å²) in [6, 6.07) is 15.7. The third kappa shape index (κ3) is 4.58. The van der Waals surface area contributed by atoms with Crippen molar-refractivity contribution in [3.8, 4) is 0 Å². The zero-order valence-corrected chi connectivity index (χ0v) is 21.5. The first-order chi connectivity index (χ1) is 16.5. The lowest BCUT2D eigenvalue weighted by atomic mass is 9.82. The molecule has 6 heteroatoms. The van der Waals surface area contributed by atoms with Crippen molar-refractivity contribution in [2.75, 3.05) is 37.6 Å². The smallest absolute Gasteiger partial charge is 0.220 e. The Kier molecular flexibility index (Phi) is 6.63. The summed E-state index contributed by atoms with van der Waals surface area (Å²) < 4.78 is 6.01. The molecule has 2 heterocycles. The second-order valence-corrected chi connectivity index (χ2v) is 11.2. The van der Waals surface area contributed by atoms with Crippen LogP contribution in [0.5, 0.6) is 0 Å². The Morgan fingerprint density at radius 1 is 1.15 bits per heavy atom. The Morgan fingerprint density at radius 2 is 1.94 bits per heavy atom. The first-order valence-corrected chi connectivity index (χ1v) is 13.5. The largest absolute Gasteiger partial charge is 0.353 e. The molecule has 1 aromatic heterocycles. The fourth-order valence-corrected chi connectivity index (χ4v) is 6.35. The van der Waals surface area contributed by atoms with Gasteiger partial charge in [-0.1, -0.05) is 51.1 Å². The summed E-state index contributed by atoms with van der Waals surface area (Å²) in [6.45, 7) is 11.9. The van der Waals surface area contributed by atoms with Crippen LogP contribution in [0.15, 0.2) is 42.5 Å². The minimum Gasteiger partial charge on any atom is -0.353 e. The van der Waals surface area contributed by atoms with Gasteiger partial charge in [0, 0.05) is 56.0 Å². The Hall–Kier alpha value is -2.44. The maximum atomic E-state index is 12.2. The minimum atomic E-state index is -0.0204. The summed E-state index contributed by atoms with van der Waals surface area (Å²) in [7, 11) is 0. The molecule has 2 aromatic carbocycles. The lowest BCUT2D eigenvalue weighted by molar-refractivity contribution is -0.122. The van der Waals surface area contributed by atoms with Gasteiger partial charge < -0.3 is 10.2 Å². The Labute approximate surface area is 207 Å². The molecular weight excluding hydrogens is 440 g/mol. The van der Waals surface area contributed by atoms with Crippen LogP contribution in [0.4, 0.5) is 5.82 Å². The molecule has 0 saturated carbocycles. The molecule has 1 N–H and O–H groups in total. The fraction of sp³-hybridized carbons (Fsp3) is 0.500. The molecule has 2 aliphatic rings. The van der Waals surface area contributed by atoms with Gasteiger partial charge in [0.25, 0.3) is 0 Å². The summed E-state index contributed by atoms with van der Waals surface area (Å²) >= 11 is 1.60. The molecule has 0 spiro atoms. The van der Waals surface area contributed by atoms with E-state index in [0.717, 1.165) is 57.8 Å². The standard InChI is InChI=1S/C28H36N4OS/c1-4-7-26(33)29-25-19-21-18-20(10-11-23(21)28(25,2)3)12-13-31-14-16-32(17-15-31)27-22-8-5-6-9-24(22)34-30-27/h5-6,8-11,18,25H,4,7,12-17,19H2,1-3H3,(H,29,33). The summed E-state index contributed by atoms with van der Waals surface area (Å²) in [5.74, 6) is 1.33. The van der Waals surface area contributed by atoms with E-state index in [1.165, 1.54) is 26.8 Å². The van der Waals surface area contributed by atoms with Crippen molar-refractivity contribution in [2.24, 2.45) is 0 Å². The van der Waals surface area contributed by atoms with Gasteiger partial charge in [-0.15, -0.1) is 0 Å². The van der Waals surface area contributed by atoms with Crippen LogP contribution in [0, 0.1) is 0 Å². The van der Waals surface area contributed by atoms with Gasteiger partial charge in [0.2, 0.25) is 5.91 Å². The Balaban J connectivity index is 1.16. The highest BCUT2D eigenvalue weighted by Gasteiger charge is 2.40. The van der Waals surface area contributed by atoms with E-state index in [1.54, 1.807) is 11.5 Å². The number of hydrogen-bond acceptors (Lipinski definition) is 5. The Bertz CT molecular complexity index is 1160. The van der Waals surface area contributed by atoms with E-state index in [4.69, 9.17) is 4.37 Å². The number of amides is 1. The number of nitrogens with zero attached hydrogens (tertiary/aromatic N) is 3. The molecular formula is C28H36N4OS. The van der Waals surface area contributed by atoms with Gasteiger partial charge in [0.1, 0.15) is 5.82 Å². The second-order valence-electron chi connectivity index (χ2n) is 10.4. The van der Waals surface area contributed by atoms with Crippen LogP contribution in [0.3, 0.4) is 0 Å². The zero-order chi connectivity index (χ0) is 23.7. The van der Waals surface area contributed by atoms with Gasteiger partial charge in [-0.3, -0.25) is 9.69 Å². The molecule has 1 unspecified atom stereocenters. The molecule has 1 aliphatic carbocycles. The van der Waals surface area contributed by atoms with Crippen LogP contribution in [0.2, 0.25) is 0 Å². The fourth-order valence-electron chi connectivity index (χ4n) is 5.56. The summed E-state index contributed by atoms with van der Waals surface area (Å²) in [6.07, 6.45) is 3.51. The third-order valence-electron chi connectivity index (χ3n) is 7.72. The van der Waals surface area contributed by atoms with Crippen LogP contribution < -0.4 is 10.2 Å². The number of rotatable bonds is 7. The van der Waals surface area contributed by atoms with Crippen LogP contribution >= 0.6 is 11.5 Å².